The zero-order valence-corrected chi connectivity index (χ0v) is 16.8. The molecule has 6 atom stereocenters. The molecule has 27 heavy (non-hydrogen) atoms. The normalized spacial score (nSPS) is 44.9. The van der Waals surface area contributed by atoms with E-state index >= 15 is 0 Å². The first-order valence-corrected chi connectivity index (χ1v) is 10.9. The van der Waals surface area contributed by atoms with Gasteiger partial charge in [0.2, 0.25) is 5.91 Å². The summed E-state index contributed by atoms with van der Waals surface area (Å²) in [6, 6.07) is 0. The molecule has 0 aromatic rings. The fraction of sp³-hybridized carbons (Fsp3) is 0.783. The first-order valence-electron chi connectivity index (χ1n) is 10.9. The monoisotopic (exact) mass is 373 g/mol. The first-order chi connectivity index (χ1) is 12.9. The van der Waals surface area contributed by atoms with Crippen molar-refractivity contribution < 1.29 is 15.0 Å². The van der Waals surface area contributed by atoms with E-state index in [0.29, 0.717) is 18.4 Å². The van der Waals surface area contributed by atoms with E-state index in [1.54, 1.807) is 0 Å². The van der Waals surface area contributed by atoms with Crippen LogP contribution in [0.3, 0.4) is 0 Å². The van der Waals surface area contributed by atoms with Gasteiger partial charge in [-0.1, -0.05) is 31.1 Å². The lowest BCUT2D eigenvalue weighted by molar-refractivity contribution is -0.116. The summed E-state index contributed by atoms with van der Waals surface area (Å²) in [6.07, 6.45) is 12.9. The third kappa shape index (κ3) is 3.09. The van der Waals surface area contributed by atoms with E-state index < -0.39 is 0 Å². The summed E-state index contributed by atoms with van der Waals surface area (Å²) in [5.74, 6) is 2.04. The molecule has 4 heteroatoms. The Kier molecular flexibility index (Phi) is 5.00. The number of amides is 1. The van der Waals surface area contributed by atoms with Gasteiger partial charge in [-0.05, 0) is 80.0 Å². The van der Waals surface area contributed by atoms with Crippen molar-refractivity contribution >= 4 is 5.91 Å². The van der Waals surface area contributed by atoms with E-state index in [9.17, 15) is 9.90 Å². The third-order valence-corrected chi connectivity index (χ3v) is 8.64. The quantitative estimate of drug-likeness (QED) is 0.525. The second-order valence-corrected chi connectivity index (χ2v) is 9.84. The van der Waals surface area contributed by atoms with Crippen LogP contribution >= 0.6 is 0 Å². The van der Waals surface area contributed by atoms with Crippen LogP contribution in [0.25, 0.3) is 0 Å². The number of fused-ring (bicyclic) bond motifs is 5. The lowest BCUT2D eigenvalue weighted by atomic mass is 9.48. The van der Waals surface area contributed by atoms with Crippen molar-refractivity contribution in [3.05, 3.63) is 23.3 Å². The SMILES string of the molecule is C[C@]12CC[C@H](O)CC1=CC[C@@H]1[C@@H]2CC[C@]2(C)/C(=C/C(=O)NCCO)CC[C@@H]12. The predicted octanol–water partition coefficient (Wildman–Crippen LogP) is 3.35. The summed E-state index contributed by atoms with van der Waals surface area (Å²) >= 11 is 0. The van der Waals surface area contributed by atoms with Crippen molar-refractivity contribution in [2.24, 2.45) is 28.6 Å². The predicted molar refractivity (Wildman–Crippen MR) is 106 cm³/mol. The van der Waals surface area contributed by atoms with Gasteiger partial charge in [0.25, 0.3) is 0 Å². The molecule has 0 heterocycles. The average Bonchev–Trinajstić information content (AvgIpc) is 2.97. The molecule has 150 valence electrons. The van der Waals surface area contributed by atoms with Crippen LogP contribution in [-0.4, -0.2) is 35.4 Å². The second-order valence-electron chi connectivity index (χ2n) is 9.84. The van der Waals surface area contributed by atoms with Gasteiger partial charge in [0.15, 0.2) is 0 Å². The maximum absolute atomic E-state index is 12.2. The Hall–Kier alpha value is -1.13. The molecule has 0 radical (unpaired) electrons. The summed E-state index contributed by atoms with van der Waals surface area (Å²) in [6.45, 7) is 5.15. The van der Waals surface area contributed by atoms with E-state index in [1.807, 2.05) is 6.08 Å². The molecule has 0 spiro atoms. The minimum atomic E-state index is -0.145. The molecule has 0 aromatic heterocycles. The maximum Gasteiger partial charge on any atom is 0.244 e. The summed E-state index contributed by atoms with van der Waals surface area (Å²) in [4.78, 5) is 12.2. The number of hydrogen-bond acceptors (Lipinski definition) is 3. The highest BCUT2D eigenvalue weighted by Gasteiger charge is 2.57. The highest BCUT2D eigenvalue weighted by molar-refractivity contribution is 5.88. The lowest BCUT2D eigenvalue weighted by Crippen LogP contribution is -2.49. The molecular formula is C23H35NO3. The van der Waals surface area contributed by atoms with Gasteiger partial charge < -0.3 is 15.5 Å². The fourth-order valence-electron chi connectivity index (χ4n) is 7.12. The van der Waals surface area contributed by atoms with Gasteiger partial charge in [-0.15, -0.1) is 0 Å². The van der Waals surface area contributed by atoms with Crippen molar-refractivity contribution in [2.75, 3.05) is 13.2 Å². The van der Waals surface area contributed by atoms with Crippen molar-refractivity contribution in [2.45, 2.75) is 71.3 Å². The van der Waals surface area contributed by atoms with Crippen LogP contribution in [-0.2, 0) is 4.79 Å². The van der Waals surface area contributed by atoms with Gasteiger partial charge in [0.05, 0.1) is 12.7 Å². The van der Waals surface area contributed by atoms with Crippen molar-refractivity contribution in [1.29, 1.82) is 0 Å². The highest BCUT2D eigenvalue weighted by Crippen LogP contribution is 2.66. The summed E-state index contributed by atoms with van der Waals surface area (Å²) < 4.78 is 0. The number of aliphatic hydroxyl groups excluding tert-OH is 2. The molecule has 4 nitrogen and oxygen atoms in total. The molecular weight excluding hydrogens is 338 g/mol. The zero-order valence-electron chi connectivity index (χ0n) is 16.8. The highest BCUT2D eigenvalue weighted by atomic mass is 16.3. The molecule has 0 aliphatic heterocycles. The molecule has 4 rings (SSSR count). The second kappa shape index (κ2) is 7.04. The van der Waals surface area contributed by atoms with Gasteiger partial charge in [-0.3, -0.25) is 4.79 Å². The molecule has 3 saturated carbocycles. The number of carbonyl (C=O) groups is 1. The first kappa shape index (κ1) is 19.2. The fourth-order valence-corrected chi connectivity index (χ4v) is 7.12. The molecule has 3 N–H and O–H groups in total. The van der Waals surface area contributed by atoms with Crippen LogP contribution in [0.15, 0.2) is 23.3 Å². The number of rotatable bonds is 3. The topological polar surface area (TPSA) is 69.6 Å². The van der Waals surface area contributed by atoms with Crippen LogP contribution in [0.1, 0.15) is 65.2 Å². The largest absolute Gasteiger partial charge is 0.395 e. The van der Waals surface area contributed by atoms with E-state index in [-0.39, 0.29) is 29.4 Å². The molecule has 4 aliphatic rings. The van der Waals surface area contributed by atoms with Gasteiger partial charge in [0.1, 0.15) is 0 Å². The Bertz CT molecular complexity index is 669. The van der Waals surface area contributed by atoms with E-state index in [1.165, 1.54) is 30.4 Å². The smallest absolute Gasteiger partial charge is 0.244 e. The van der Waals surface area contributed by atoms with Crippen molar-refractivity contribution in [3.8, 4) is 0 Å². The molecule has 0 saturated heterocycles. The van der Waals surface area contributed by atoms with E-state index in [2.05, 4.69) is 25.2 Å². The zero-order chi connectivity index (χ0) is 19.2. The van der Waals surface area contributed by atoms with Crippen LogP contribution < -0.4 is 5.32 Å². The van der Waals surface area contributed by atoms with E-state index in [4.69, 9.17) is 5.11 Å². The number of nitrogens with one attached hydrogen (secondary N) is 1. The minimum Gasteiger partial charge on any atom is -0.395 e. The molecule has 0 unspecified atom stereocenters. The Labute approximate surface area is 163 Å². The number of hydrogen-bond donors (Lipinski definition) is 3. The molecule has 4 aliphatic carbocycles. The molecule has 0 aromatic carbocycles. The number of aliphatic hydroxyl groups is 2. The Morgan fingerprint density at radius 1 is 1.22 bits per heavy atom. The maximum atomic E-state index is 12.2. The average molecular weight is 374 g/mol. The van der Waals surface area contributed by atoms with Gasteiger partial charge in [-0.2, -0.15) is 0 Å². The standard InChI is InChI=1S/C23H35NO3/c1-22-9-7-17(26)13-15(22)3-5-18-19-6-4-16(14-21(27)24-11-12-25)23(19,2)10-8-20(18)22/h3,14,17-20,25-26H,4-13H2,1-2H3,(H,24,27)/b16-14+/t17-,18-,19-,20-,22-,23+/m0/s1. The summed E-state index contributed by atoms with van der Waals surface area (Å²) in [7, 11) is 0. The minimum absolute atomic E-state index is 0.0134. The number of carbonyl (C=O) groups excluding carboxylic acids is 1. The van der Waals surface area contributed by atoms with Crippen molar-refractivity contribution in [3.63, 3.8) is 0 Å². The van der Waals surface area contributed by atoms with E-state index in [0.717, 1.165) is 38.0 Å². The van der Waals surface area contributed by atoms with Gasteiger partial charge >= 0.3 is 0 Å². The third-order valence-electron chi connectivity index (χ3n) is 8.64. The van der Waals surface area contributed by atoms with Gasteiger partial charge in [0, 0.05) is 12.6 Å². The Morgan fingerprint density at radius 2 is 1.96 bits per heavy atom. The van der Waals surface area contributed by atoms with Crippen LogP contribution in [0.5, 0.6) is 0 Å². The molecule has 3 fully saturated rings. The molecule has 0 bridgehead atoms. The Balaban J connectivity index is 1.57. The lowest BCUT2D eigenvalue weighted by Gasteiger charge is -2.57. The van der Waals surface area contributed by atoms with Crippen molar-refractivity contribution in [1.82, 2.24) is 5.32 Å². The number of allylic oxidation sites excluding steroid dienone is 2. The van der Waals surface area contributed by atoms with Gasteiger partial charge in [-0.25, -0.2) is 0 Å². The Morgan fingerprint density at radius 3 is 2.74 bits per heavy atom. The summed E-state index contributed by atoms with van der Waals surface area (Å²) in [5.41, 5.74) is 3.26. The molecule has 1 amide bonds. The summed E-state index contributed by atoms with van der Waals surface area (Å²) in [5, 5.41) is 21.8. The van der Waals surface area contributed by atoms with Crippen LogP contribution in [0.4, 0.5) is 0 Å². The van der Waals surface area contributed by atoms with Crippen LogP contribution in [0, 0.1) is 28.6 Å². The van der Waals surface area contributed by atoms with Crippen LogP contribution in [0.2, 0.25) is 0 Å².